The minimum Gasteiger partial charge on any atom is -0.391 e. The SMILES string of the molecule is C[C@H](O)[C@H]1NC(=O)[C@H]2CN(C(=O)c3cc(F)c(F)cc3F)CCN2C1=O. The Kier molecular flexibility index (Phi) is 4.61. The highest BCUT2D eigenvalue weighted by atomic mass is 19.2. The Bertz CT molecular complexity index is 786. The standard InChI is InChI=1S/C16H16F3N3O4/c1-7(23)13-16(26)22-3-2-21(6-12(22)14(24)20-13)15(25)8-4-10(18)11(19)5-9(8)17/h4-5,7,12-13,23H,2-3,6H2,1H3,(H,20,24)/t7-,12+,13+/m0/s1. The summed E-state index contributed by atoms with van der Waals surface area (Å²) in [5, 5.41) is 12.0. The van der Waals surface area contributed by atoms with E-state index in [0.717, 1.165) is 4.90 Å². The van der Waals surface area contributed by atoms with Gasteiger partial charge in [-0.2, -0.15) is 0 Å². The number of fused-ring (bicyclic) bond motifs is 1. The van der Waals surface area contributed by atoms with Crippen LogP contribution in [0.4, 0.5) is 13.2 Å². The first-order valence-electron chi connectivity index (χ1n) is 7.93. The molecular formula is C16H16F3N3O4. The number of nitrogens with one attached hydrogen (secondary N) is 1. The number of hydrogen-bond donors (Lipinski definition) is 2. The normalized spacial score (nSPS) is 24.2. The van der Waals surface area contributed by atoms with Gasteiger partial charge in [-0.15, -0.1) is 0 Å². The van der Waals surface area contributed by atoms with Gasteiger partial charge in [0.1, 0.15) is 17.9 Å². The molecule has 0 radical (unpaired) electrons. The molecule has 7 nitrogen and oxygen atoms in total. The van der Waals surface area contributed by atoms with E-state index in [2.05, 4.69) is 5.32 Å². The van der Waals surface area contributed by atoms with E-state index < -0.39 is 58.9 Å². The van der Waals surface area contributed by atoms with Crippen LogP contribution in [0.1, 0.15) is 17.3 Å². The second-order valence-electron chi connectivity index (χ2n) is 6.27. The van der Waals surface area contributed by atoms with Gasteiger partial charge in [0.15, 0.2) is 11.6 Å². The number of carbonyl (C=O) groups is 3. The number of aliphatic hydroxyl groups is 1. The monoisotopic (exact) mass is 371 g/mol. The van der Waals surface area contributed by atoms with E-state index in [-0.39, 0.29) is 25.7 Å². The third kappa shape index (κ3) is 3.00. The smallest absolute Gasteiger partial charge is 0.257 e. The number of piperazine rings is 2. The maximum atomic E-state index is 13.8. The molecule has 0 unspecified atom stereocenters. The summed E-state index contributed by atoms with van der Waals surface area (Å²) in [4.78, 5) is 39.3. The fourth-order valence-corrected chi connectivity index (χ4v) is 3.13. The summed E-state index contributed by atoms with van der Waals surface area (Å²) in [6.45, 7) is 1.13. The van der Waals surface area contributed by atoms with Crippen LogP contribution in [0.2, 0.25) is 0 Å². The van der Waals surface area contributed by atoms with Crippen LogP contribution in [-0.4, -0.2) is 70.4 Å². The molecule has 2 saturated heterocycles. The van der Waals surface area contributed by atoms with Gasteiger partial charge in [-0.25, -0.2) is 13.2 Å². The lowest BCUT2D eigenvalue weighted by Crippen LogP contribution is -2.71. The number of rotatable bonds is 2. The number of nitrogens with zero attached hydrogens (tertiary/aromatic N) is 2. The zero-order valence-corrected chi connectivity index (χ0v) is 13.7. The van der Waals surface area contributed by atoms with E-state index in [0.29, 0.717) is 6.07 Å². The zero-order chi connectivity index (χ0) is 19.2. The Hall–Kier alpha value is -2.62. The fraction of sp³-hybridized carbons (Fsp3) is 0.438. The Labute approximate surface area is 146 Å². The summed E-state index contributed by atoms with van der Waals surface area (Å²) in [5.74, 6) is -5.92. The van der Waals surface area contributed by atoms with E-state index in [1.807, 2.05) is 0 Å². The van der Waals surface area contributed by atoms with Gasteiger partial charge in [0.05, 0.1) is 18.2 Å². The quantitative estimate of drug-likeness (QED) is 0.695. The molecule has 0 spiro atoms. The summed E-state index contributed by atoms with van der Waals surface area (Å²) < 4.78 is 40.2. The van der Waals surface area contributed by atoms with Crippen molar-refractivity contribution in [1.82, 2.24) is 15.1 Å². The Morgan fingerprint density at radius 3 is 2.50 bits per heavy atom. The Morgan fingerprint density at radius 1 is 1.19 bits per heavy atom. The number of benzene rings is 1. The van der Waals surface area contributed by atoms with Crippen molar-refractivity contribution in [2.24, 2.45) is 0 Å². The molecule has 3 atom stereocenters. The lowest BCUT2D eigenvalue weighted by molar-refractivity contribution is -0.155. The summed E-state index contributed by atoms with van der Waals surface area (Å²) >= 11 is 0. The number of carbonyl (C=O) groups excluding carboxylic acids is 3. The van der Waals surface area contributed by atoms with Gasteiger partial charge in [-0.1, -0.05) is 0 Å². The van der Waals surface area contributed by atoms with Crippen LogP contribution < -0.4 is 5.32 Å². The maximum absolute atomic E-state index is 13.8. The van der Waals surface area contributed by atoms with Gasteiger partial charge in [0.2, 0.25) is 11.8 Å². The first-order chi connectivity index (χ1) is 12.2. The molecule has 26 heavy (non-hydrogen) atoms. The van der Waals surface area contributed by atoms with Crippen molar-refractivity contribution in [2.75, 3.05) is 19.6 Å². The van der Waals surface area contributed by atoms with Crippen molar-refractivity contribution in [2.45, 2.75) is 25.1 Å². The Balaban J connectivity index is 1.80. The van der Waals surface area contributed by atoms with Crippen LogP contribution >= 0.6 is 0 Å². The van der Waals surface area contributed by atoms with Crippen molar-refractivity contribution in [3.63, 3.8) is 0 Å². The lowest BCUT2D eigenvalue weighted by atomic mass is 10.0. The minimum absolute atomic E-state index is 0.00280. The maximum Gasteiger partial charge on any atom is 0.257 e. The van der Waals surface area contributed by atoms with E-state index in [1.165, 1.54) is 11.8 Å². The van der Waals surface area contributed by atoms with Crippen molar-refractivity contribution >= 4 is 17.7 Å². The van der Waals surface area contributed by atoms with E-state index in [9.17, 15) is 32.7 Å². The molecule has 3 rings (SSSR count). The molecule has 0 saturated carbocycles. The second kappa shape index (κ2) is 6.60. The first-order valence-corrected chi connectivity index (χ1v) is 7.93. The van der Waals surface area contributed by atoms with E-state index >= 15 is 0 Å². The number of amides is 3. The average molecular weight is 371 g/mol. The molecule has 1 aromatic rings. The molecule has 140 valence electrons. The molecule has 2 fully saturated rings. The van der Waals surface area contributed by atoms with Gasteiger partial charge < -0.3 is 20.2 Å². The molecule has 1 aromatic carbocycles. The lowest BCUT2D eigenvalue weighted by Gasteiger charge is -2.45. The van der Waals surface area contributed by atoms with Crippen molar-refractivity contribution < 1.29 is 32.7 Å². The number of aliphatic hydroxyl groups excluding tert-OH is 1. The number of halogens is 3. The molecule has 0 aromatic heterocycles. The molecule has 2 N–H and O–H groups in total. The van der Waals surface area contributed by atoms with Gasteiger partial charge in [0, 0.05) is 19.2 Å². The molecular weight excluding hydrogens is 355 g/mol. The van der Waals surface area contributed by atoms with Crippen molar-refractivity contribution in [3.05, 3.63) is 35.1 Å². The Morgan fingerprint density at radius 2 is 1.85 bits per heavy atom. The largest absolute Gasteiger partial charge is 0.391 e. The molecule has 0 bridgehead atoms. The molecule has 3 amide bonds. The summed E-state index contributed by atoms with van der Waals surface area (Å²) in [6.07, 6.45) is -1.08. The van der Waals surface area contributed by atoms with Crippen LogP contribution in [0.5, 0.6) is 0 Å². The average Bonchev–Trinajstić information content (AvgIpc) is 2.60. The third-order valence-corrected chi connectivity index (χ3v) is 4.54. The van der Waals surface area contributed by atoms with Crippen molar-refractivity contribution in [1.29, 1.82) is 0 Å². The van der Waals surface area contributed by atoms with E-state index in [4.69, 9.17) is 0 Å². The van der Waals surface area contributed by atoms with Gasteiger partial charge in [-0.3, -0.25) is 14.4 Å². The summed E-state index contributed by atoms with van der Waals surface area (Å²) in [5.41, 5.74) is -0.651. The molecule has 0 aliphatic carbocycles. The third-order valence-electron chi connectivity index (χ3n) is 4.54. The summed E-state index contributed by atoms with van der Waals surface area (Å²) in [7, 11) is 0. The van der Waals surface area contributed by atoms with Crippen LogP contribution in [0.25, 0.3) is 0 Å². The van der Waals surface area contributed by atoms with Crippen LogP contribution in [0, 0.1) is 17.5 Å². The number of hydrogen-bond acceptors (Lipinski definition) is 4. The highest BCUT2D eigenvalue weighted by Crippen LogP contribution is 2.21. The zero-order valence-electron chi connectivity index (χ0n) is 13.7. The minimum atomic E-state index is -1.41. The molecule has 2 aliphatic rings. The van der Waals surface area contributed by atoms with Crippen molar-refractivity contribution in [3.8, 4) is 0 Å². The topological polar surface area (TPSA) is 89.9 Å². The summed E-state index contributed by atoms with van der Waals surface area (Å²) in [6, 6.07) is -1.31. The molecule has 2 aliphatic heterocycles. The second-order valence-corrected chi connectivity index (χ2v) is 6.27. The predicted molar refractivity (Wildman–Crippen MR) is 81.3 cm³/mol. The van der Waals surface area contributed by atoms with Gasteiger partial charge in [-0.05, 0) is 13.0 Å². The van der Waals surface area contributed by atoms with Crippen LogP contribution in [0.15, 0.2) is 12.1 Å². The van der Waals surface area contributed by atoms with Gasteiger partial charge in [0.25, 0.3) is 5.91 Å². The first kappa shape index (κ1) is 18.2. The highest BCUT2D eigenvalue weighted by Gasteiger charge is 2.45. The molecule has 10 heteroatoms. The van der Waals surface area contributed by atoms with E-state index in [1.54, 1.807) is 0 Å². The van der Waals surface area contributed by atoms with Crippen LogP contribution in [0.3, 0.4) is 0 Å². The van der Waals surface area contributed by atoms with Gasteiger partial charge >= 0.3 is 0 Å². The van der Waals surface area contributed by atoms with Crippen LogP contribution in [-0.2, 0) is 9.59 Å². The molecule has 2 heterocycles. The predicted octanol–water partition coefficient (Wildman–Crippen LogP) is -0.364. The highest BCUT2D eigenvalue weighted by molar-refractivity contribution is 5.99. The fourth-order valence-electron chi connectivity index (χ4n) is 3.13.